The van der Waals surface area contributed by atoms with Crippen LogP contribution in [0.5, 0.6) is 0 Å². The first-order valence-corrected chi connectivity index (χ1v) is 9.03. The molecule has 24 heavy (non-hydrogen) atoms. The van der Waals surface area contributed by atoms with Crippen LogP contribution in [0.25, 0.3) is 0 Å². The maximum Gasteiger partial charge on any atom is 0.230 e. The first kappa shape index (κ1) is 21.5. The third kappa shape index (κ3) is 4.55. The Hall–Kier alpha value is -0.530. The van der Waals surface area contributed by atoms with E-state index in [0.29, 0.717) is 12.0 Å². The molecule has 1 saturated heterocycles. The Balaban J connectivity index is 0.00000288. The van der Waals surface area contributed by atoms with Gasteiger partial charge in [-0.15, -0.1) is 24.0 Å². The van der Waals surface area contributed by atoms with Gasteiger partial charge in [0.1, 0.15) is 0 Å². The zero-order valence-corrected chi connectivity index (χ0v) is 18.4. The molecule has 140 valence electrons. The van der Waals surface area contributed by atoms with Crippen molar-refractivity contribution in [3.63, 3.8) is 0 Å². The van der Waals surface area contributed by atoms with Crippen molar-refractivity contribution in [3.05, 3.63) is 0 Å². The van der Waals surface area contributed by atoms with Gasteiger partial charge in [-0.2, -0.15) is 0 Å². The van der Waals surface area contributed by atoms with Crippen LogP contribution in [0, 0.1) is 10.8 Å². The highest BCUT2D eigenvalue weighted by Crippen LogP contribution is 2.39. The molecule has 0 aromatic carbocycles. The molecule has 1 saturated carbocycles. The van der Waals surface area contributed by atoms with Gasteiger partial charge in [-0.1, -0.05) is 26.7 Å². The fourth-order valence-corrected chi connectivity index (χ4v) is 4.07. The average molecular weight is 450 g/mol. The number of carbonyl (C=O) groups excluding carboxylic acids is 1. The highest BCUT2D eigenvalue weighted by atomic mass is 127. The lowest BCUT2D eigenvalue weighted by atomic mass is 9.84. The van der Waals surface area contributed by atoms with Crippen LogP contribution in [-0.4, -0.2) is 62.4 Å². The third-order valence-electron chi connectivity index (χ3n) is 5.93. The Morgan fingerprint density at radius 2 is 1.88 bits per heavy atom. The van der Waals surface area contributed by atoms with Gasteiger partial charge in [-0.05, 0) is 31.1 Å². The standard InChI is InChI=1S/C18H34N4O.HI/c1-6-17(2)11-12-22(14-17)16(19-3)20-13-18(9-7-8-10-18)15(23)21(4)5;/h6-14H2,1-5H3,(H,19,20);1H. The molecule has 1 aliphatic carbocycles. The van der Waals surface area contributed by atoms with E-state index in [1.165, 1.54) is 12.8 Å². The van der Waals surface area contributed by atoms with Gasteiger partial charge in [0.15, 0.2) is 5.96 Å². The summed E-state index contributed by atoms with van der Waals surface area (Å²) in [6, 6.07) is 0. The van der Waals surface area contributed by atoms with Crippen LogP contribution in [0.15, 0.2) is 4.99 Å². The summed E-state index contributed by atoms with van der Waals surface area (Å²) in [6.07, 6.45) is 6.69. The van der Waals surface area contributed by atoms with E-state index in [4.69, 9.17) is 0 Å². The minimum atomic E-state index is -0.243. The summed E-state index contributed by atoms with van der Waals surface area (Å²) in [6.45, 7) is 7.43. The number of hydrogen-bond acceptors (Lipinski definition) is 2. The molecule has 2 aliphatic rings. The number of nitrogens with zero attached hydrogens (tertiary/aromatic N) is 3. The maximum atomic E-state index is 12.7. The van der Waals surface area contributed by atoms with Gasteiger partial charge in [0.25, 0.3) is 0 Å². The number of hydrogen-bond donors (Lipinski definition) is 1. The zero-order chi connectivity index (χ0) is 17.1. The monoisotopic (exact) mass is 450 g/mol. The largest absolute Gasteiger partial charge is 0.355 e. The molecule has 0 aromatic rings. The number of halogens is 1. The summed E-state index contributed by atoms with van der Waals surface area (Å²) in [5, 5.41) is 3.52. The van der Waals surface area contributed by atoms with Gasteiger partial charge in [0, 0.05) is 40.8 Å². The van der Waals surface area contributed by atoms with Gasteiger partial charge in [0.2, 0.25) is 5.91 Å². The van der Waals surface area contributed by atoms with Gasteiger partial charge in [-0.25, -0.2) is 0 Å². The number of guanidine groups is 1. The van der Waals surface area contributed by atoms with Gasteiger partial charge >= 0.3 is 0 Å². The van der Waals surface area contributed by atoms with E-state index >= 15 is 0 Å². The van der Waals surface area contributed by atoms with E-state index in [-0.39, 0.29) is 35.3 Å². The van der Waals surface area contributed by atoms with Gasteiger partial charge < -0.3 is 15.1 Å². The van der Waals surface area contributed by atoms with Crippen molar-refractivity contribution in [1.29, 1.82) is 0 Å². The third-order valence-corrected chi connectivity index (χ3v) is 5.93. The lowest BCUT2D eigenvalue weighted by molar-refractivity contribution is -0.138. The van der Waals surface area contributed by atoms with Crippen molar-refractivity contribution < 1.29 is 4.79 Å². The quantitative estimate of drug-likeness (QED) is 0.407. The molecular weight excluding hydrogens is 415 g/mol. The summed E-state index contributed by atoms with van der Waals surface area (Å²) in [5.41, 5.74) is 0.148. The number of amides is 1. The molecule has 2 rings (SSSR count). The second-order valence-electron chi connectivity index (χ2n) is 7.92. The molecule has 1 heterocycles. The number of rotatable bonds is 4. The van der Waals surface area contributed by atoms with Crippen molar-refractivity contribution in [2.45, 2.75) is 52.4 Å². The van der Waals surface area contributed by atoms with Crippen LogP contribution in [-0.2, 0) is 4.79 Å². The number of likely N-dealkylation sites (tertiary alicyclic amines) is 1. The molecule has 0 aromatic heterocycles. The molecule has 5 nitrogen and oxygen atoms in total. The lowest BCUT2D eigenvalue weighted by Gasteiger charge is -2.33. The van der Waals surface area contributed by atoms with E-state index in [9.17, 15) is 4.79 Å². The fourth-order valence-electron chi connectivity index (χ4n) is 4.07. The molecule has 1 amide bonds. The summed E-state index contributed by atoms with van der Waals surface area (Å²) in [4.78, 5) is 21.2. The Morgan fingerprint density at radius 1 is 1.25 bits per heavy atom. The Kier molecular flexibility index (Phi) is 7.81. The van der Waals surface area contributed by atoms with Crippen LogP contribution in [0.4, 0.5) is 0 Å². The summed E-state index contributed by atoms with van der Waals surface area (Å²) < 4.78 is 0. The van der Waals surface area contributed by atoms with Crippen LogP contribution in [0.3, 0.4) is 0 Å². The Labute approximate surface area is 164 Å². The highest BCUT2D eigenvalue weighted by Gasteiger charge is 2.42. The highest BCUT2D eigenvalue weighted by molar-refractivity contribution is 14.0. The predicted octanol–water partition coefficient (Wildman–Crippen LogP) is 2.95. The molecular formula is C18H35IN4O. The summed E-state index contributed by atoms with van der Waals surface area (Å²) in [7, 11) is 5.58. The summed E-state index contributed by atoms with van der Waals surface area (Å²) >= 11 is 0. The second kappa shape index (κ2) is 8.72. The lowest BCUT2D eigenvalue weighted by Crippen LogP contribution is -2.50. The smallest absolute Gasteiger partial charge is 0.230 e. The number of aliphatic imine (C=N–C) groups is 1. The normalized spacial score (nSPS) is 26.2. The molecule has 6 heteroatoms. The maximum absolute atomic E-state index is 12.7. The minimum Gasteiger partial charge on any atom is -0.355 e. The number of nitrogens with one attached hydrogen (secondary N) is 1. The van der Waals surface area contributed by atoms with E-state index < -0.39 is 0 Å². The van der Waals surface area contributed by atoms with Crippen LogP contribution >= 0.6 is 24.0 Å². The molecule has 0 radical (unpaired) electrons. The molecule has 1 aliphatic heterocycles. The Morgan fingerprint density at radius 3 is 2.33 bits per heavy atom. The first-order valence-electron chi connectivity index (χ1n) is 9.03. The topological polar surface area (TPSA) is 47.9 Å². The van der Waals surface area contributed by atoms with Crippen molar-refractivity contribution in [2.24, 2.45) is 15.8 Å². The summed E-state index contributed by atoms with van der Waals surface area (Å²) in [5.74, 6) is 1.22. The molecule has 1 N–H and O–H groups in total. The van der Waals surface area contributed by atoms with Crippen molar-refractivity contribution in [3.8, 4) is 0 Å². The second-order valence-corrected chi connectivity index (χ2v) is 7.92. The molecule has 2 fully saturated rings. The van der Waals surface area contributed by atoms with E-state index in [1.807, 2.05) is 21.1 Å². The molecule has 0 spiro atoms. The Bertz CT molecular complexity index is 460. The minimum absolute atomic E-state index is 0. The van der Waals surface area contributed by atoms with Crippen molar-refractivity contribution in [1.82, 2.24) is 15.1 Å². The van der Waals surface area contributed by atoms with Crippen molar-refractivity contribution in [2.75, 3.05) is 40.8 Å². The molecule has 1 unspecified atom stereocenters. The van der Waals surface area contributed by atoms with Gasteiger partial charge in [0.05, 0.1) is 5.41 Å². The molecule has 0 bridgehead atoms. The van der Waals surface area contributed by atoms with Crippen LogP contribution < -0.4 is 5.32 Å². The van der Waals surface area contributed by atoms with Crippen LogP contribution in [0.1, 0.15) is 52.4 Å². The van der Waals surface area contributed by atoms with Crippen molar-refractivity contribution >= 4 is 35.8 Å². The van der Waals surface area contributed by atoms with E-state index in [2.05, 4.69) is 29.1 Å². The first-order chi connectivity index (χ1) is 10.9. The molecule has 1 atom stereocenters. The zero-order valence-electron chi connectivity index (χ0n) is 16.0. The van der Waals surface area contributed by atoms with E-state index in [1.54, 1.807) is 4.90 Å². The number of carbonyl (C=O) groups is 1. The van der Waals surface area contributed by atoms with Gasteiger partial charge in [-0.3, -0.25) is 9.79 Å². The fraction of sp³-hybridized carbons (Fsp3) is 0.889. The predicted molar refractivity (Wildman–Crippen MR) is 111 cm³/mol. The van der Waals surface area contributed by atoms with E-state index in [0.717, 1.165) is 44.7 Å². The average Bonchev–Trinajstić information content (AvgIpc) is 3.16. The SMILES string of the molecule is CCC1(C)CCN(C(=NC)NCC2(C(=O)N(C)C)CCCC2)C1.I. The van der Waals surface area contributed by atoms with Crippen LogP contribution in [0.2, 0.25) is 0 Å².